The summed E-state index contributed by atoms with van der Waals surface area (Å²) in [4.78, 5) is 0. The van der Waals surface area contributed by atoms with E-state index in [9.17, 15) is 0 Å². The summed E-state index contributed by atoms with van der Waals surface area (Å²) in [6.07, 6.45) is 0. The molecule has 0 amide bonds. The number of rotatable bonds is 4. The van der Waals surface area contributed by atoms with E-state index in [1.54, 1.807) is 7.11 Å². The Morgan fingerprint density at radius 1 is 1.42 bits per heavy atom. The van der Waals surface area contributed by atoms with Gasteiger partial charge in [0.15, 0.2) is 0 Å². The molecule has 0 saturated carbocycles. The molecular formula is C7H17NO3Si. The fourth-order valence-corrected chi connectivity index (χ4v) is 2.82. The number of hydrogen-bond acceptors (Lipinski definition) is 4. The molecule has 0 aromatic heterocycles. The Hall–Kier alpha value is 0.0569. The van der Waals surface area contributed by atoms with Gasteiger partial charge in [-0.15, -0.1) is 0 Å². The van der Waals surface area contributed by atoms with Gasteiger partial charge in [0.05, 0.1) is 13.2 Å². The molecule has 1 aliphatic heterocycles. The Bertz CT molecular complexity index is 116. The van der Waals surface area contributed by atoms with Gasteiger partial charge in [0.2, 0.25) is 0 Å². The third-order valence-electron chi connectivity index (χ3n) is 1.85. The average molecular weight is 191 g/mol. The van der Waals surface area contributed by atoms with E-state index in [0.29, 0.717) is 0 Å². The van der Waals surface area contributed by atoms with Crippen molar-refractivity contribution < 1.29 is 13.6 Å². The first-order valence-electron chi connectivity index (χ1n) is 4.34. The third-order valence-corrected chi connectivity index (χ3v) is 3.99. The highest BCUT2D eigenvalue weighted by Gasteiger charge is 2.23. The van der Waals surface area contributed by atoms with Gasteiger partial charge in [-0.3, -0.25) is 4.57 Å². The zero-order valence-corrected chi connectivity index (χ0v) is 8.94. The van der Waals surface area contributed by atoms with Crippen molar-refractivity contribution in [3.05, 3.63) is 0 Å². The lowest BCUT2D eigenvalue weighted by atomic mass is 10.5. The molecule has 4 nitrogen and oxygen atoms in total. The molecule has 12 heavy (non-hydrogen) atoms. The van der Waals surface area contributed by atoms with Crippen LogP contribution in [-0.2, 0) is 13.6 Å². The summed E-state index contributed by atoms with van der Waals surface area (Å²) >= 11 is 0. The van der Waals surface area contributed by atoms with Crippen LogP contribution in [0.3, 0.4) is 0 Å². The zero-order chi connectivity index (χ0) is 8.81. The molecule has 0 aromatic rings. The molecule has 5 heteroatoms. The minimum absolute atomic E-state index is 0.738. The monoisotopic (exact) mass is 191 g/mol. The summed E-state index contributed by atoms with van der Waals surface area (Å²) in [7, 11) is 0.183. The van der Waals surface area contributed by atoms with Crippen LogP contribution in [0.2, 0.25) is 0 Å². The van der Waals surface area contributed by atoms with Gasteiger partial charge in [-0.2, -0.15) is 0 Å². The first kappa shape index (κ1) is 10.1. The van der Waals surface area contributed by atoms with Crippen molar-refractivity contribution in [1.29, 1.82) is 0 Å². The van der Waals surface area contributed by atoms with Crippen molar-refractivity contribution >= 4 is 9.45 Å². The van der Waals surface area contributed by atoms with E-state index in [-0.39, 0.29) is 0 Å². The lowest BCUT2D eigenvalue weighted by Crippen LogP contribution is -2.49. The predicted octanol–water partition coefficient (Wildman–Crippen LogP) is -0.281. The van der Waals surface area contributed by atoms with Crippen molar-refractivity contribution in [3.8, 4) is 0 Å². The molecular weight excluding hydrogens is 174 g/mol. The smallest absolute Gasteiger partial charge is 0.388 e. The number of morpholine rings is 1. The summed E-state index contributed by atoms with van der Waals surface area (Å²) in [5, 5.41) is 0. The van der Waals surface area contributed by atoms with E-state index in [2.05, 4.69) is 4.57 Å². The van der Waals surface area contributed by atoms with Gasteiger partial charge in [0.25, 0.3) is 0 Å². The average Bonchev–Trinajstić information content (AvgIpc) is 2.15. The Morgan fingerprint density at radius 3 is 2.58 bits per heavy atom. The fraction of sp³-hybridized carbons (Fsp3) is 1.00. The maximum Gasteiger partial charge on any atom is 0.410 e. The van der Waals surface area contributed by atoms with E-state index in [1.165, 1.54) is 0 Å². The molecule has 0 aromatic carbocycles. The molecule has 1 heterocycles. The summed E-state index contributed by atoms with van der Waals surface area (Å²) in [6, 6.07) is 0. The van der Waals surface area contributed by atoms with Gasteiger partial charge in [-0.1, -0.05) is 0 Å². The molecule has 0 aliphatic carbocycles. The number of ether oxygens (including phenoxy) is 1. The first-order valence-corrected chi connectivity index (χ1v) is 5.80. The molecule has 0 bridgehead atoms. The number of nitrogens with zero attached hydrogens (tertiary/aromatic N) is 1. The second-order valence-electron chi connectivity index (χ2n) is 2.65. The van der Waals surface area contributed by atoms with Crippen molar-refractivity contribution in [2.45, 2.75) is 6.92 Å². The maximum atomic E-state index is 5.52. The molecule has 1 atom stereocenters. The first-order chi connectivity index (χ1) is 5.88. The van der Waals surface area contributed by atoms with Crippen molar-refractivity contribution in [3.63, 3.8) is 0 Å². The van der Waals surface area contributed by atoms with Crippen LogP contribution in [0, 0.1) is 0 Å². The molecule has 1 rings (SSSR count). The highest BCUT2D eigenvalue weighted by molar-refractivity contribution is 6.40. The molecule has 72 valence electrons. The highest BCUT2D eigenvalue weighted by atomic mass is 28.3. The topological polar surface area (TPSA) is 30.9 Å². The van der Waals surface area contributed by atoms with Gasteiger partial charge in [-0.25, -0.2) is 0 Å². The summed E-state index contributed by atoms with van der Waals surface area (Å²) in [5.41, 5.74) is 0. The molecule has 1 aliphatic rings. The molecule has 1 fully saturated rings. The molecule has 1 saturated heterocycles. The van der Waals surface area contributed by atoms with E-state index in [0.717, 1.165) is 32.9 Å². The Kier molecular flexibility index (Phi) is 4.78. The van der Waals surface area contributed by atoms with Crippen LogP contribution in [-0.4, -0.2) is 54.0 Å². The zero-order valence-electron chi connectivity index (χ0n) is 7.78. The largest absolute Gasteiger partial charge is 0.410 e. The van der Waals surface area contributed by atoms with Crippen LogP contribution in [0.1, 0.15) is 6.92 Å². The van der Waals surface area contributed by atoms with Gasteiger partial charge in [0, 0.05) is 26.8 Å². The Morgan fingerprint density at radius 2 is 2.08 bits per heavy atom. The molecule has 0 N–H and O–H groups in total. The minimum Gasteiger partial charge on any atom is -0.388 e. The van der Waals surface area contributed by atoms with E-state index in [4.69, 9.17) is 13.6 Å². The lowest BCUT2D eigenvalue weighted by molar-refractivity contribution is 0.0471. The lowest BCUT2D eigenvalue weighted by Gasteiger charge is -2.30. The molecule has 1 unspecified atom stereocenters. The second-order valence-corrected chi connectivity index (χ2v) is 4.80. The summed E-state index contributed by atoms with van der Waals surface area (Å²) in [5.74, 6) is 0. The van der Waals surface area contributed by atoms with E-state index >= 15 is 0 Å². The maximum absolute atomic E-state index is 5.52. The van der Waals surface area contributed by atoms with E-state index in [1.807, 2.05) is 6.92 Å². The van der Waals surface area contributed by atoms with Crippen molar-refractivity contribution in [1.82, 2.24) is 4.57 Å². The van der Waals surface area contributed by atoms with Crippen molar-refractivity contribution in [2.24, 2.45) is 0 Å². The van der Waals surface area contributed by atoms with Crippen LogP contribution in [0.15, 0.2) is 0 Å². The number of hydrogen-bond donors (Lipinski definition) is 0. The Balaban J connectivity index is 2.29. The van der Waals surface area contributed by atoms with Crippen LogP contribution in [0.4, 0.5) is 0 Å². The minimum atomic E-state index is -1.54. The molecule has 0 radical (unpaired) electrons. The quantitative estimate of drug-likeness (QED) is 0.572. The molecule has 0 spiro atoms. The highest BCUT2D eigenvalue weighted by Crippen LogP contribution is 2.02. The van der Waals surface area contributed by atoms with Crippen molar-refractivity contribution in [2.75, 3.05) is 40.0 Å². The van der Waals surface area contributed by atoms with Gasteiger partial charge >= 0.3 is 9.45 Å². The fourth-order valence-electron chi connectivity index (χ4n) is 1.25. The van der Waals surface area contributed by atoms with Crippen LogP contribution < -0.4 is 0 Å². The summed E-state index contributed by atoms with van der Waals surface area (Å²) in [6.45, 7) is 6.25. The SMILES string of the molecule is CCO[SiH](OC)N1CCOCC1. The van der Waals surface area contributed by atoms with Gasteiger partial charge < -0.3 is 13.6 Å². The van der Waals surface area contributed by atoms with Crippen LogP contribution >= 0.6 is 0 Å². The van der Waals surface area contributed by atoms with Crippen LogP contribution in [0.25, 0.3) is 0 Å². The Labute approximate surface area is 75.3 Å². The standard InChI is InChI=1S/C7H17NO3Si/c1-3-11-12(9-2)8-4-6-10-7-5-8/h12H,3-7H2,1-2H3. The van der Waals surface area contributed by atoms with E-state index < -0.39 is 9.45 Å². The third kappa shape index (κ3) is 2.84. The van der Waals surface area contributed by atoms with Gasteiger partial charge in [-0.05, 0) is 6.92 Å². The van der Waals surface area contributed by atoms with Crippen LogP contribution in [0.5, 0.6) is 0 Å². The van der Waals surface area contributed by atoms with Gasteiger partial charge in [0.1, 0.15) is 0 Å². The predicted molar refractivity (Wildman–Crippen MR) is 48.2 cm³/mol. The summed E-state index contributed by atoms with van der Waals surface area (Å²) < 4.78 is 18.3. The second kappa shape index (κ2) is 5.66. The normalized spacial score (nSPS) is 22.5.